The lowest BCUT2D eigenvalue weighted by atomic mass is 9.69. The second-order valence-corrected chi connectivity index (χ2v) is 8.72. The van der Waals surface area contributed by atoms with Crippen LogP contribution < -0.4 is 0 Å². The van der Waals surface area contributed by atoms with Gasteiger partial charge in [0.15, 0.2) is 0 Å². The normalized spacial score (nSPS) is 18.8. The molecule has 34 heavy (non-hydrogen) atoms. The molecule has 1 unspecified atom stereocenters. The van der Waals surface area contributed by atoms with E-state index in [0.717, 1.165) is 5.56 Å². The zero-order chi connectivity index (χ0) is 24.3. The van der Waals surface area contributed by atoms with Crippen LogP contribution in [0.15, 0.2) is 66.7 Å². The van der Waals surface area contributed by atoms with E-state index < -0.39 is 16.9 Å². The van der Waals surface area contributed by atoms with Crippen molar-refractivity contribution >= 4 is 11.9 Å². The van der Waals surface area contributed by atoms with Crippen molar-refractivity contribution < 1.29 is 18.7 Å². The maximum Gasteiger partial charge on any atom is 0.321 e. The highest BCUT2D eigenvalue weighted by atomic mass is 19.1. The number of benzene rings is 2. The first-order valence-electron chi connectivity index (χ1n) is 10.8. The van der Waals surface area contributed by atoms with Crippen LogP contribution in [0.5, 0.6) is 0 Å². The third-order valence-electron chi connectivity index (χ3n) is 6.50. The van der Waals surface area contributed by atoms with Gasteiger partial charge in [-0.15, -0.1) is 5.10 Å². The van der Waals surface area contributed by atoms with E-state index >= 15 is 0 Å². The van der Waals surface area contributed by atoms with Crippen LogP contribution in [0.2, 0.25) is 0 Å². The Bertz CT molecular complexity index is 1280. The Morgan fingerprint density at radius 1 is 1.06 bits per heavy atom. The summed E-state index contributed by atoms with van der Waals surface area (Å²) in [4.78, 5) is 27.8. The molecule has 1 saturated heterocycles. The lowest BCUT2D eigenvalue weighted by molar-refractivity contribution is -0.155. The van der Waals surface area contributed by atoms with E-state index in [1.165, 1.54) is 12.1 Å². The molecule has 0 spiro atoms. The Balaban J connectivity index is 1.66. The van der Waals surface area contributed by atoms with Crippen LogP contribution in [0, 0.1) is 17.7 Å². The SMILES string of the molecule is CN1C(=O)CC(C(=O)OCc2ccccc2)(c2ccc(C#Cc3cccc(F)c3)nn2)C1(C)C. The van der Waals surface area contributed by atoms with Gasteiger partial charge in [-0.3, -0.25) is 9.59 Å². The van der Waals surface area contributed by atoms with Crippen molar-refractivity contribution in [3.8, 4) is 11.8 Å². The molecule has 0 N–H and O–H groups in total. The maximum absolute atomic E-state index is 13.5. The summed E-state index contributed by atoms with van der Waals surface area (Å²) in [5.41, 5.74) is -0.191. The quantitative estimate of drug-likeness (QED) is 0.442. The summed E-state index contributed by atoms with van der Waals surface area (Å²) in [5, 5.41) is 8.46. The standard InChI is InChI=1S/C27H24FN3O3/c1-26(2)27(17-24(32)31(26)3,25(33)34-18-20-8-5-4-6-9-20)23-15-14-22(29-30-23)13-12-19-10-7-11-21(28)16-19/h4-11,14-16H,17-18H2,1-3H3. The van der Waals surface area contributed by atoms with Crippen LogP contribution >= 0.6 is 0 Å². The van der Waals surface area contributed by atoms with Gasteiger partial charge in [0, 0.05) is 12.6 Å². The largest absolute Gasteiger partial charge is 0.460 e. The first kappa shape index (κ1) is 23.1. The van der Waals surface area contributed by atoms with Gasteiger partial charge in [-0.2, -0.15) is 5.10 Å². The second kappa shape index (κ2) is 9.06. The number of halogens is 1. The van der Waals surface area contributed by atoms with E-state index in [1.807, 2.05) is 44.2 Å². The third-order valence-corrected chi connectivity index (χ3v) is 6.50. The van der Waals surface area contributed by atoms with Crippen molar-refractivity contribution in [1.29, 1.82) is 0 Å². The van der Waals surface area contributed by atoms with Crippen LogP contribution in [-0.4, -0.2) is 39.6 Å². The number of carbonyl (C=O) groups excluding carboxylic acids is 2. The fourth-order valence-electron chi connectivity index (χ4n) is 4.17. The summed E-state index contributed by atoms with van der Waals surface area (Å²) in [6.45, 7) is 3.72. The maximum atomic E-state index is 13.5. The molecular weight excluding hydrogens is 433 g/mol. The molecule has 172 valence electrons. The molecule has 2 heterocycles. The number of aromatic nitrogens is 2. The Morgan fingerprint density at radius 3 is 2.44 bits per heavy atom. The molecule has 4 rings (SSSR count). The number of ether oxygens (including phenoxy) is 1. The summed E-state index contributed by atoms with van der Waals surface area (Å²) in [6, 6.07) is 18.6. The minimum absolute atomic E-state index is 0.0763. The highest BCUT2D eigenvalue weighted by Gasteiger charge is 2.64. The fourth-order valence-corrected chi connectivity index (χ4v) is 4.17. The Morgan fingerprint density at radius 2 is 1.82 bits per heavy atom. The topological polar surface area (TPSA) is 72.4 Å². The molecule has 1 fully saturated rings. The van der Waals surface area contributed by atoms with Gasteiger partial charge < -0.3 is 9.64 Å². The molecule has 2 aromatic carbocycles. The minimum Gasteiger partial charge on any atom is -0.460 e. The van der Waals surface area contributed by atoms with Crippen LogP contribution in [0.3, 0.4) is 0 Å². The predicted molar refractivity (Wildman–Crippen MR) is 124 cm³/mol. The van der Waals surface area contributed by atoms with Crippen LogP contribution in [0.4, 0.5) is 4.39 Å². The molecule has 0 aliphatic carbocycles. The second-order valence-electron chi connectivity index (χ2n) is 8.72. The van der Waals surface area contributed by atoms with Crippen molar-refractivity contribution in [3.63, 3.8) is 0 Å². The summed E-state index contributed by atoms with van der Waals surface area (Å²) in [5.74, 6) is 4.60. The fraction of sp³-hybridized carbons (Fsp3) is 0.259. The number of likely N-dealkylation sites (N-methyl/N-ethyl adjacent to an activating group) is 1. The number of likely N-dealkylation sites (tertiary alicyclic amines) is 1. The van der Waals surface area contributed by atoms with Gasteiger partial charge in [0.25, 0.3) is 0 Å². The summed E-state index contributed by atoms with van der Waals surface area (Å²) >= 11 is 0. The monoisotopic (exact) mass is 457 g/mol. The Hall–Kier alpha value is -4.05. The van der Waals surface area contributed by atoms with Gasteiger partial charge in [0.05, 0.1) is 17.7 Å². The van der Waals surface area contributed by atoms with E-state index in [2.05, 4.69) is 22.0 Å². The zero-order valence-electron chi connectivity index (χ0n) is 19.2. The third kappa shape index (κ3) is 4.15. The van der Waals surface area contributed by atoms with Crippen molar-refractivity contribution in [1.82, 2.24) is 15.1 Å². The Labute approximate surface area is 197 Å². The van der Waals surface area contributed by atoms with Crippen LogP contribution in [0.1, 0.15) is 42.8 Å². The van der Waals surface area contributed by atoms with Crippen LogP contribution in [0.25, 0.3) is 0 Å². The first-order valence-corrected chi connectivity index (χ1v) is 10.8. The Kier molecular flexibility index (Phi) is 6.16. The molecule has 1 aliphatic rings. The molecule has 0 saturated carbocycles. The van der Waals surface area contributed by atoms with Crippen molar-refractivity contribution in [3.05, 3.63) is 95.1 Å². The first-order chi connectivity index (χ1) is 16.2. The minimum atomic E-state index is -1.34. The summed E-state index contributed by atoms with van der Waals surface area (Å²) < 4.78 is 19.1. The van der Waals surface area contributed by atoms with Crippen molar-refractivity contribution in [2.75, 3.05) is 7.05 Å². The molecule has 1 aliphatic heterocycles. The van der Waals surface area contributed by atoms with Crippen LogP contribution in [-0.2, 0) is 26.3 Å². The number of carbonyl (C=O) groups is 2. The molecule has 7 heteroatoms. The average Bonchev–Trinajstić information content (AvgIpc) is 3.02. The lowest BCUT2D eigenvalue weighted by Crippen LogP contribution is -2.56. The van der Waals surface area contributed by atoms with Gasteiger partial charge in [-0.25, -0.2) is 4.39 Å². The summed E-state index contributed by atoms with van der Waals surface area (Å²) in [7, 11) is 1.67. The van der Waals surface area contributed by atoms with Gasteiger partial charge in [0.1, 0.15) is 23.5 Å². The highest BCUT2D eigenvalue weighted by Crippen LogP contribution is 2.47. The van der Waals surface area contributed by atoms with Crippen molar-refractivity contribution in [2.24, 2.45) is 0 Å². The number of rotatable bonds is 4. The van der Waals surface area contributed by atoms with E-state index in [9.17, 15) is 14.0 Å². The molecule has 1 atom stereocenters. The molecule has 6 nitrogen and oxygen atoms in total. The highest BCUT2D eigenvalue weighted by molar-refractivity contribution is 5.96. The van der Waals surface area contributed by atoms with E-state index in [4.69, 9.17) is 4.74 Å². The average molecular weight is 458 g/mol. The number of esters is 1. The number of nitrogens with zero attached hydrogens (tertiary/aromatic N) is 3. The van der Waals surface area contributed by atoms with Gasteiger partial charge in [-0.05, 0) is 55.7 Å². The molecule has 1 amide bonds. The zero-order valence-corrected chi connectivity index (χ0v) is 19.2. The van der Waals surface area contributed by atoms with Crippen molar-refractivity contribution in [2.45, 2.75) is 37.8 Å². The van der Waals surface area contributed by atoms with Gasteiger partial charge >= 0.3 is 5.97 Å². The lowest BCUT2D eigenvalue weighted by Gasteiger charge is -2.40. The number of hydrogen-bond acceptors (Lipinski definition) is 5. The summed E-state index contributed by atoms with van der Waals surface area (Å²) in [6.07, 6.45) is -0.0763. The predicted octanol–water partition coefficient (Wildman–Crippen LogP) is 3.64. The molecular formula is C27H24FN3O3. The van der Waals surface area contributed by atoms with E-state index in [0.29, 0.717) is 17.0 Å². The molecule has 0 bridgehead atoms. The number of amides is 1. The molecule has 3 aromatic rings. The van der Waals surface area contributed by atoms with E-state index in [-0.39, 0.29) is 24.8 Å². The van der Waals surface area contributed by atoms with Gasteiger partial charge in [-0.1, -0.05) is 42.3 Å². The molecule has 0 radical (unpaired) electrons. The van der Waals surface area contributed by atoms with E-state index in [1.54, 1.807) is 36.2 Å². The van der Waals surface area contributed by atoms with Gasteiger partial charge in [0.2, 0.25) is 5.91 Å². The number of hydrogen-bond donors (Lipinski definition) is 0. The smallest absolute Gasteiger partial charge is 0.321 e. The molecule has 1 aromatic heterocycles.